The standard InChI is InChI=1S/C16H14F3NS/c17-16(18,19)12-5-7-15(14(20)9-12)21-13-6-4-10-2-1-3-11(10)8-13/h4-9H,1-3,20H2. The second-order valence-electron chi connectivity index (χ2n) is 5.14. The molecule has 21 heavy (non-hydrogen) atoms. The molecule has 0 unspecified atom stereocenters. The van der Waals surface area contributed by atoms with Gasteiger partial charge in [-0.3, -0.25) is 0 Å². The Hall–Kier alpha value is -1.62. The molecule has 0 bridgehead atoms. The van der Waals surface area contributed by atoms with Crippen LogP contribution in [0.2, 0.25) is 0 Å². The Morgan fingerprint density at radius 2 is 1.71 bits per heavy atom. The van der Waals surface area contributed by atoms with Crippen LogP contribution in [0.25, 0.3) is 0 Å². The number of fused-ring (bicyclic) bond motifs is 1. The number of rotatable bonds is 2. The number of aryl methyl sites for hydroxylation is 2. The average Bonchev–Trinajstić information content (AvgIpc) is 2.87. The maximum Gasteiger partial charge on any atom is 0.416 e. The highest BCUT2D eigenvalue weighted by molar-refractivity contribution is 7.99. The minimum atomic E-state index is -4.36. The van der Waals surface area contributed by atoms with Crippen LogP contribution in [0.5, 0.6) is 0 Å². The van der Waals surface area contributed by atoms with Crippen molar-refractivity contribution in [2.24, 2.45) is 0 Å². The quantitative estimate of drug-likeness (QED) is 0.796. The van der Waals surface area contributed by atoms with E-state index in [4.69, 9.17) is 5.73 Å². The smallest absolute Gasteiger partial charge is 0.398 e. The largest absolute Gasteiger partial charge is 0.416 e. The highest BCUT2D eigenvalue weighted by Crippen LogP contribution is 2.38. The maximum absolute atomic E-state index is 12.6. The fraction of sp³-hybridized carbons (Fsp3) is 0.250. The first-order chi connectivity index (χ1) is 9.93. The number of hydrogen-bond donors (Lipinski definition) is 1. The number of halogens is 3. The van der Waals surface area contributed by atoms with Gasteiger partial charge in [0.2, 0.25) is 0 Å². The van der Waals surface area contributed by atoms with E-state index in [9.17, 15) is 13.2 Å². The summed E-state index contributed by atoms with van der Waals surface area (Å²) in [7, 11) is 0. The SMILES string of the molecule is Nc1cc(C(F)(F)F)ccc1Sc1ccc2c(c1)CCC2. The van der Waals surface area contributed by atoms with E-state index in [-0.39, 0.29) is 5.69 Å². The van der Waals surface area contributed by atoms with Gasteiger partial charge in [-0.1, -0.05) is 17.8 Å². The Morgan fingerprint density at radius 3 is 2.43 bits per heavy atom. The lowest BCUT2D eigenvalue weighted by Gasteiger charge is -2.11. The van der Waals surface area contributed by atoms with E-state index in [2.05, 4.69) is 12.1 Å². The molecule has 0 fully saturated rings. The van der Waals surface area contributed by atoms with E-state index < -0.39 is 11.7 Å². The van der Waals surface area contributed by atoms with E-state index in [0.717, 1.165) is 29.9 Å². The molecule has 2 N–H and O–H groups in total. The number of alkyl halides is 3. The van der Waals surface area contributed by atoms with Crippen LogP contribution in [-0.4, -0.2) is 0 Å². The van der Waals surface area contributed by atoms with Gasteiger partial charge < -0.3 is 5.73 Å². The number of nitrogen functional groups attached to an aromatic ring is 1. The summed E-state index contributed by atoms with van der Waals surface area (Å²) < 4.78 is 37.8. The van der Waals surface area contributed by atoms with E-state index in [0.29, 0.717) is 4.90 Å². The molecule has 0 heterocycles. The summed E-state index contributed by atoms with van der Waals surface area (Å²) >= 11 is 1.41. The van der Waals surface area contributed by atoms with Crippen LogP contribution < -0.4 is 5.73 Å². The molecule has 0 radical (unpaired) electrons. The summed E-state index contributed by atoms with van der Waals surface area (Å²) in [5.74, 6) is 0. The van der Waals surface area contributed by atoms with Gasteiger partial charge in [0.05, 0.1) is 5.56 Å². The van der Waals surface area contributed by atoms with Gasteiger partial charge in [0.25, 0.3) is 0 Å². The molecule has 110 valence electrons. The Bertz CT molecular complexity index is 680. The summed E-state index contributed by atoms with van der Waals surface area (Å²) in [4.78, 5) is 1.67. The fourth-order valence-electron chi connectivity index (χ4n) is 2.56. The Morgan fingerprint density at radius 1 is 0.952 bits per heavy atom. The maximum atomic E-state index is 12.6. The summed E-state index contributed by atoms with van der Waals surface area (Å²) in [6.45, 7) is 0. The van der Waals surface area contributed by atoms with Crippen molar-refractivity contribution < 1.29 is 13.2 Å². The zero-order valence-corrected chi connectivity index (χ0v) is 12.0. The summed E-state index contributed by atoms with van der Waals surface area (Å²) in [6, 6.07) is 9.73. The molecular formula is C16H14F3NS. The molecule has 0 saturated carbocycles. The molecule has 0 amide bonds. The highest BCUT2D eigenvalue weighted by Gasteiger charge is 2.30. The molecular weight excluding hydrogens is 295 g/mol. The van der Waals surface area contributed by atoms with Crippen molar-refractivity contribution >= 4 is 17.4 Å². The van der Waals surface area contributed by atoms with Crippen LogP contribution >= 0.6 is 11.8 Å². The van der Waals surface area contributed by atoms with Gasteiger partial charge in [0, 0.05) is 15.5 Å². The molecule has 2 aromatic rings. The fourth-order valence-corrected chi connectivity index (χ4v) is 3.46. The summed E-state index contributed by atoms with van der Waals surface area (Å²) in [5, 5.41) is 0. The minimum Gasteiger partial charge on any atom is -0.398 e. The van der Waals surface area contributed by atoms with Crippen molar-refractivity contribution in [2.45, 2.75) is 35.2 Å². The molecule has 0 aromatic heterocycles. The lowest BCUT2D eigenvalue weighted by atomic mass is 10.1. The van der Waals surface area contributed by atoms with Crippen LogP contribution in [0.1, 0.15) is 23.1 Å². The molecule has 0 saturated heterocycles. The second kappa shape index (κ2) is 5.30. The van der Waals surface area contributed by atoms with Gasteiger partial charge >= 0.3 is 6.18 Å². The molecule has 1 nitrogen and oxygen atoms in total. The Labute approximate surface area is 125 Å². The van der Waals surface area contributed by atoms with Crippen LogP contribution in [-0.2, 0) is 19.0 Å². The monoisotopic (exact) mass is 309 g/mol. The first kappa shape index (κ1) is 14.3. The molecule has 1 aliphatic carbocycles. The second-order valence-corrected chi connectivity index (χ2v) is 6.25. The molecule has 0 atom stereocenters. The average molecular weight is 309 g/mol. The number of nitrogens with two attached hydrogens (primary N) is 1. The van der Waals surface area contributed by atoms with Crippen molar-refractivity contribution in [3.05, 3.63) is 53.1 Å². The molecule has 5 heteroatoms. The van der Waals surface area contributed by atoms with E-state index in [1.807, 2.05) is 6.07 Å². The van der Waals surface area contributed by atoms with E-state index >= 15 is 0 Å². The predicted molar refractivity (Wildman–Crippen MR) is 78.4 cm³/mol. The third-order valence-electron chi connectivity index (χ3n) is 3.63. The third-order valence-corrected chi connectivity index (χ3v) is 4.72. The summed E-state index contributed by atoms with van der Waals surface area (Å²) in [6.07, 6.45) is -0.994. The van der Waals surface area contributed by atoms with Crippen LogP contribution in [0, 0.1) is 0 Å². The number of benzene rings is 2. The topological polar surface area (TPSA) is 26.0 Å². The van der Waals surface area contributed by atoms with Crippen LogP contribution in [0.4, 0.5) is 18.9 Å². The van der Waals surface area contributed by atoms with Crippen molar-refractivity contribution in [2.75, 3.05) is 5.73 Å². The minimum absolute atomic E-state index is 0.162. The van der Waals surface area contributed by atoms with E-state index in [1.54, 1.807) is 0 Å². The lowest BCUT2D eigenvalue weighted by Crippen LogP contribution is -2.05. The van der Waals surface area contributed by atoms with Gasteiger partial charge in [0.1, 0.15) is 0 Å². The highest BCUT2D eigenvalue weighted by atomic mass is 32.2. The first-order valence-electron chi connectivity index (χ1n) is 6.70. The van der Waals surface area contributed by atoms with Gasteiger partial charge in [-0.25, -0.2) is 0 Å². The van der Waals surface area contributed by atoms with Crippen LogP contribution in [0.15, 0.2) is 46.2 Å². The van der Waals surface area contributed by atoms with Crippen LogP contribution in [0.3, 0.4) is 0 Å². The Kier molecular flexibility index (Phi) is 3.61. The van der Waals surface area contributed by atoms with E-state index in [1.165, 1.54) is 35.4 Å². The normalized spacial score (nSPS) is 14.2. The van der Waals surface area contributed by atoms with Gasteiger partial charge in [0.15, 0.2) is 0 Å². The molecule has 0 aliphatic heterocycles. The third kappa shape index (κ3) is 3.02. The Balaban J connectivity index is 1.85. The van der Waals surface area contributed by atoms with Crippen molar-refractivity contribution in [3.63, 3.8) is 0 Å². The van der Waals surface area contributed by atoms with Gasteiger partial charge in [-0.15, -0.1) is 0 Å². The van der Waals surface area contributed by atoms with Crippen molar-refractivity contribution in [1.29, 1.82) is 0 Å². The number of anilines is 1. The summed E-state index contributed by atoms with van der Waals surface area (Å²) in [5.41, 5.74) is 7.92. The predicted octanol–water partition coefficient (Wildman–Crippen LogP) is 4.93. The zero-order valence-electron chi connectivity index (χ0n) is 11.2. The number of hydrogen-bond acceptors (Lipinski definition) is 2. The molecule has 3 rings (SSSR count). The molecule has 1 aliphatic rings. The molecule has 0 spiro atoms. The van der Waals surface area contributed by atoms with Gasteiger partial charge in [-0.2, -0.15) is 13.2 Å². The van der Waals surface area contributed by atoms with Crippen molar-refractivity contribution in [3.8, 4) is 0 Å². The lowest BCUT2D eigenvalue weighted by molar-refractivity contribution is -0.137. The zero-order chi connectivity index (χ0) is 15.0. The van der Waals surface area contributed by atoms with Gasteiger partial charge in [-0.05, 0) is 60.7 Å². The first-order valence-corrected chi connectivity index (χ1v) is 7.51. The molecule has 2 aromatic carbocycles. The van der Waals surface area contributed by atoms with Crippen molar-refractivity contribution in [1.82, 2.24) is 0 Å².